The van der Waals surface area contributed by atoms with Crippen molar-refractivity contribution in [3.05, 3.63) is 27.2 Å². The Bertz CT molecular complexity index is 328. The highest BCUT2D eigenvalue weighted by Gasteiger charge is 2.14. The van der Waals surface area contributed by atoms with Crippen LogP contribution in [0.2, 0.25) is 5.02 Å². The highest BCUT2D eigenvalue weighted by molar-refractivity contribution is 9.10. The summed E-state index contributed by atoms with van der Waals surface area (Å²) in [5.74, 6) is 0.649. The smallest absolute Gasteiger partial charge is 0.141 e. The predicted octanol–water partition coefficient (Wildman–Crippen LogP) is 3.21. The van der Waals surface area contributed by atoms with Gasteiger partial charge in [0.1, 0.15) is 5.75 Å². The van der Waals surface area contributed by atoms with Crippen molar-refractivity contribution in [2.75, 3.05) is 13.7 Å². The van der Waals surface area contributed by atoms with Crippen LogP contribution in [-0.2, 0) is 0 Å². The lowest BCUT2D eigenvalue weighted by atomic mass is 10.0. The summed E-state index contributed by atoms with van der Waals surface area (Å²) in [7, 11) is 1.57. The summed E-state index contributed by atoms with van der Waals surface area (Å²) in [5.41, 5.74) is 0.911. The largest absolute Gasteiger partial charge is 0.495 e. The van der Waals surface area contributed by atoms with Gasteiger partial charge in [-0.2, -0.15) is 0 Å². The summed E-state index contributed by atoms with van der Waals surface area (Å²) in [4.78, 5) is 0. The van der Waals surface area contributed by atoms with Crippen LogP contribution < -0.4 is 4.74 Å². The van der Waals surface area contributed by atoms with E-state index in [1.165, 1.54) is 0 Å². The molecule has 1 aromatic carbocycles. The highest BCUT2D eigenvalue weighted by Crippen LogP contribution is 2.36. The van der Waals surface area contributed by atoms with Gasteiger partial charge in [-0.3, -0.25) is 0 Å². The van der Waals surface area contributed by atoms with E-state index in [0.29, 0.717) is 10.8 Å². The number of aliphatic hydroxyl groups is 1. The molecule has 0 aliphatic heterocycles. The van der Waals surface area contributed by atoms with Crippen LogP contribution in [-0.4, -0.2) is 18.8 Å². The van der Waals surface area contributed by atoms with Gasteiger partial charge in [0.15, 0.2) is 0 Å². The van der Waals surface area contributed by atoms with Crippen LogP contribution in [0.15, 0.2) is 16.6 Å². The first kappa shape index (κ1) is 11.8. The second-order valence-electron chi connectivity index (χ2n) is 3.09. The predicted molar refractivity (Wildman–Crippen MR) is 61.2 cm³/mol. The standard InChI is InChI=1S/C10H12BrClO2/c1-6(5-13)8-3-7(11)4-9(12)10(8)14-2/h3-4,6,13H,5H2,1-2H3. The third-order valence-corrected chi connectivity index (χ3v) is 2.78. The van der Waals surface area contributed by atoms with E-state index < -0.39 is 0 Å². The fraction of sp³-hybridized carbons (Fsp3) is 0.400. The van der Waals surface area contributed by atoms with Crippen LogP contribution in [0.1, 0.15) is 18.4 Å². The minimum Gasteiger partial charge on any atom is -0.495 e. The van der Waals surface area contributed by atoms with Gasteiger partial charge in [0.25, 0.3) is 0 Å². The molecule has 14 heavy (non-hydrogen) atoms. The van der Waals surface area contributed by atoms with Crippen molar-refractivity contribution >= 4 is 27.5 Å². The molecule has 1 N–H and O–H groups in total. The van der Waals surface area contributed by atoms with E-state index in [1.807, 2.05) is 13.0 Å². The first-order chi connectivity index (χ1) is 6.60. The van der Waals surface area contributed by atoms with Crippen LogP contribution in [0.4, 0.5) is 0 Å². The summed E-state index contributed by atoms with van der Waals surface area (Å²) in [5, 5.41) is 9.63. The van der Waals surface area contributed by atoms with Crippen LogP contribution in [0, 0.1) is 0 Å². The van der Waals surface area contributed by atoms with Gasteiger partial charge >= 0.3 is 0 Å². The average molecular weight is 280 g/mol. The van der Waals surface area contributed by atoms with E-state index in [1.54, 1.807) is 13.2 Å². The van der Waals surface area contributed by atoms with E-state index in [9.17, 15) is 0 Å². The van der Waals surface area contributed by atoms with Crippen LogP contribution in [0.25, 0.3) is 0 Å². The third kappa shape index (κ3) is 2.41. The van der Waals surface area contributed by atoms with Gasteiger partial charge in [-0.1, -0.05) is 34.5 Å². The minimum atomic E-state index is 0.0138. The monoisotopic (exact) mass is 278 g/mol. The van der Waals surface area contributed by atoms with Gasteiger partial charge in [-0.25, -0.2) is 0 Å². The topological polar surface area (TPSA) is 29.5 Å². The summed E-state index contributed by atoms with van der Waals surface area (Å²) in [6.45, 7) is 1.99. The van der Waals surface area contributed by atoms with Crippen LogP contribution >= 0.6 is 27.5 Å². The van der Waals surface area contributed by atoms with E-state index in [2.05, 4.69) is 15.9 Å². The Kier molecular flexibility index (Phi) is 4.23. The van der Waals surface area contributed by atoms with Crippen LogP contribution in [0.5, 0.6) is 5.75 Å². The maximum Gasteiger partial charge on any atom is 0.141 e. The van der Waals surface area contributed by atoms with Gasteiger partial charge < -0.3 is 9.84 Å². The number of hydrogen-bond acceptors (Lipinski definition) is 2. The highest BCUT2D eigenvalue weighted by atomic mass is 79.9. The fourth-order valence-electron chi connectivity index (χ4n) is 1.26. The molecular formula is C10H12BrClO2. The summed E-state index contributed by atoms with van der Waals surface area (Å²) in [6, 6.07) is 3.68. The first-order valence-corrected chi connectivity index (χ1v) is 5.41. The molecule has 0 spiro atoms. The molecule has 0 heterocycles. The van der Waals surface area contributed by atoms with Crippen molar-refractivity contribution in [2.45, 2.75) is 12.8 Å². The molecule has 0 fully saturated rings. The molecule has 1 unspecified atom stereocenters. The van der Waals surface area contributed by atoms with Gasteiger partial charge in [0.2, 0.25) is 0 Å². The maximum atomic E-state index is 9.08. The van der Waals surface area contributed by atoms with E-state index in [0.717, 1.165) is 10.0 Å². The number of ether oxygens (including phenoxy) is 1. The van der Waals surface area contributed by atoms with Crippen molar-refractivity contribution in [1.29, 1.82) is 0 Å². The van der Waals surface area contributed by atoms with E-state index in [-0.39, 0.29) is 12.5 Å². The lowest BCUT2D eigenvalue weighted by Crippen LogP contribution is -2.02. The Labute approximate surface area is 97.0 Å². The van der Waals surface area contributed by atoms with Crippen molar-refractivity contribution in [2.24, 2.45) is 0 Å². The van der Waals surface area contributed by atoms with Gasteiger partial charge in [0, 0.05) is 22.6 Å². The zero-order chi connectivity index (χ0) is 10.7. The van der Waals surface area contributed by atoms with Crippen LogP contribution in [0.3, 0.4) is 0 Å². The molecule has 0 saturated heterocycles. The van der Waals surface area contributed by atoms with Crippen molar-refractivity contribution < 1.29 is 9.84 Å². The Morgan fingerprint density at radius 2 is 2.21 bits per heavy atom. The molecule has 1 atom stereocenters. The Morgan fingerprint density at radius 3 is 2.71 bits per heavy atom. The second-order valence-corrected chi connectivity index (χ2v) is 4.42. The molecule has 1 aromatic rings. The molecular weight excluding hydrogens is 267 g/mol. The number of hydrogen-bond donors (Lipinski definition) is 1. The number of aliphatic hydroxyl groups excluding tert-OH is 1. The molecule has 0 aliphatic rings. The number of rotatable bonds is 3. The van der Waals surface area contributed by atoms with E-state index >= 15 is 0 Å². The zero-order valence-electron chi connectivity index (χ0n) is 8.05. The summed E-state index contributed by atoms with van der Waals surface area (Å²) < 4.78 is 6.08. The Hall–Kier alpha value is -0.250. The summed E-state index contributed by atoms with van der Waals surface area (Å²) >= 11 is 9.35. The quantitative estimate of drug-likeness (QED) is 0.920. The number of benzene rings is 1. The second kappa shape index (κ2) is 5.01. The Balaban J connectivity index is 3.24. The lowest BCUT2D eigenvalue weighted by molar-refractivity contribution is 0.269. The minimum absolute atomic E-state index is 0.0138. The number of halogens is 2. The normalized spacial score (nSPS) is 12.6. The third-order valence-electron chi connectivity index (χ3n) is 2.05. The molecule has 0 saturated carbocycles. The molecule has 0 aromatic heterocycles. The summed E-state index contributed by atoms with van der Waals surface area (Å²) in [6.07, 6.45) is 0. The molecule has 0 amide bonds. The van der Waals surface area contributed by atoms with Crippen molar-refractivity contribution in [3.8, 4) is 5.75 Å². The van der Waals surface area contributed by atoms with E-state index in [4.69, 9.17) is 21.4 Å². The molecule has 4 heteroatoms. The molecule has 0 radical (unpaired) electrons. The SMILES string of the molecule is COc1c(Cl)cc(Br)cc1C(C)CO. The Morgan fingerprint density at radius 1 is 1.57 bits per heavy atom. The van der Waals surface area contributed by atoms with Crippen molar-refractivity contribution in [3.63, 3.8) is 0 Å². The first-order valence-electron chi connectivity index (χ1n) is 4.24. The fourth-order valence-corrected chi connectivity index (χ4v) is 2.17. The molecule has 0 aliphatic carbocycles. The van der Waals surface area contributed by atoms with Gasteiger partial charge in [-0.15, -0.1) is 0 Å². The van der Waals surface area contributed by atoms with Gasteiger partial charge in [-0.05, 0) is 12.1 Å². The molecule has 78 valence electrons. The maximum absolute atomic E-state index is 9.08. The lowest BCUT2D eigenvalue weighted by Gasteiger charge is -2.15. The molecule has 2 nitrogen and oxygen atoms in total. The molecule has 0 bridgehead atoms. The van der Waals surface area contributed by atoms with Crippen molar-refractivity contribution in [1.82, 2.24) is 0 Å². The van der Waals surface area contributed by atoms with Gasteiger partial charge in [0.05, 0.1) is 12.1 Å². The number of methoxy groups -OCH3 is 1. The average Bonchev–Trinajstić information content (AvgIpc) is 2.15. The zero-order valence-corrected chi connectivity index (χ0v) is 10.4. The molecule has 1 rings (SSSR count).